The SMILES string of the molecule is O=C(O)COc1cc(Br)c(Oc2ccc3nc(CC4CCCC4)[nH]c3c2)c(Br)c1. The van der Waals surface area contributed by atoms with E-state index in [1.165, 1.54) is 25.7 Å². The summed E-state index contributed by atoms with van der Waals surface area (Å²) in [5.74, 6) is 2.43. The number of aliphatic carboxylic acids is 1. The fourth-order valence-electron chi connectivity index (χ4n) is 3.67. The molecule has 2 aromatic carbocycles. The number of ether oxygens (including phenoxy) is 2. The number of benzene rings is 2. The second-order valence-corrected chi connectivity index (χ2v) is 8.93. The number of fused-ring (bicyclic) bond motifs is 1. The summed E-state index contributed by atoms with van der Waals surface area (Å²) in [7, 11) is 0. The summed E-state index contributed by atoms with van der Waals surface area (Å²) in [6.45, 7) is -0.404. The molecule has 3 aromatic rings. The van der Waals surface area contributed by atoms with E-state index in [1.54, 1.807) is 12.1 Å². The number of hydrogen-bond donors (Lipinski definition) is 2. The van der Waals surface area contributed by atoms with Gasteiger partial charge >= 0.3 is 5.97 Å². The van der Waals surface area contributed by atoms with E-state index < -0.39 is 12.6 Å². The van der Waals surface area contributed by atoms with Crippen LogP contribution in [-0.2, 0) is 11.2 Å². The average molecular weight is 524 g/mol. The highest BCUT2D eigenvalue weighted by Gasteiger charge is 2.18. The maximum Gasteiger partial charge on any atom is 0.341 e. The summed E-state index contributed by atoms with van der Waals surface area (Å²) >= 11 is 6.93. The van der Waals surface area contributed by atoms with Crippen LogP contribution in [0.1, 0.15) is 31.5 Å². The summed E-state index contributed by atoms with van der Waals surface area (Å²) in [5.41, 5.74) is 1.88. The number of aromatic amines is 1. The van der Waals surface area contributed by atoms with Crippen molar-refractivity contribution in [3.05, 3.63) is 45.1 Å². The predicted octanol–water partition coefficient (Wildman–Crippen LogP) is 6.08. The largest absolute Gasteiger partial charge is 0.482 e. The standard InChI is InChI=1S/C21H20Br2N2O4/c22-15-8-14(28-11-20(26)27)9-16(23)21(15)29-13-5-6-17-18(10-13)25-19(24-17)7-12-3-1-2-4-12/h5-6,8-10,12H,1-4,7,11H2,(H,24,25)(H,26,27). The number of imidazole rings is 1. The van der Waals surface area contributed by atoms with Gasteiger partial charge in [0.05, 0.1) is 20.0 Å². The van der Waals surface area contributed by atoms with E-state index in [9.17, 15) is 4.79 Å². The molecule has 6 nitrogen and oxygen atoms in total. The van der Waals surface area contributed by atoms with E-state index in [-0.39, 0.29) is 0 Å². The highest BCUT2D eigenvalue weighted by Crippen LogP contribution is 2.40. The van der Waals surface area contributed by atoms with Crippen molar-refractivity contribution in [3.8, 4) is 17.2 Å². The van der Waals surface area contributed by atoms with Gasteiger partial charge in [-0.3, -0.25) is 0 Å². The fraction of sp³-hybridized carbons (Fsp3) is 0.333. The summed E-state index contributed by atoms with van der Waals surface area (Å²) in [6, 6.07) is 9.13. The summed E-state index contributed by atoms with van der Waals surface area (Å²) in [4.78, 5) is 18.8. The monoisotopic (exact) mass is 522 g/mol. The molecule has 1 aliphatic rings. The molecule has 4 rings (SSSR count). The molecule has 0 aliphatic heterocycles. The number of rotatable bonds is 7. The molecule has 0 radical (unpaired) electrons. The quantitative estimate of drug-likeness (QED) is 0.392. The highest BCUT2D eigenvalue weighted by molar-refractivity contribution is 9.11. The Morgan fingerprint density at radius 2 is 1.86 bits per heavy atom. The second-order valence-electron chi connectivity index (χ2n) is 7.22. The number of carbonyl (C=O) groups is 1. The molecule has 0 saturated heterocycles. The lowest BCUT2D eigenvalue weighted by atomic mass is 10.0. The molecular formula is C21H20Br2N2O4. The van der Waals surface area contributed by atoms with Gasteiger partial charge in [0.2, 0.25) is 0 Å². The van der Waals surface area contributed by atoms with Gasteiger partial charge in [-0.2, -0.15) is 0 Å². The lowest BCUT2D eigenvalue weighted by molar-refractivity contribution is -0.139. The van der Waals surface area contributed by atoms with E-state index in [2.05, 4.69) is 36.8 Å². The van der Waals surface area contributed by atoms with Gasteiger partial charge in [0.1, 0.15) is 17.3 Å². The minimum absolute atomic E-state index is 0.404. The zero-order valence-electron chi connectivity index (χ0n) is 15.6. The predicted molar refractivity (Wildman–Crippen MR) is 117 cm³/mol. The van der Waals surface area contributed by atoms with Gasteiger partial charge in [0.15, 0.2) is 12.4 Å². The molecule has 1 aromatic heterocycles. The molecule has 0 spiro atoms. The Hall–Kier alpha value is -2.06. The lowest BCUT2D eigenvalue weighted by Gasteiger charge is -2.12. The Labute approximate surface area is 184 Å². The van der Waals surface area contributed by atoms with E-state index in [1.807, 2.05) is 18.2 Å². The summed E-state index contributed by atoms with van der Waals surface area (Å²) in [5, 5.41) is 8.75. The van der Waals surface area contributed by atoms with E-state index in [4.69, 9.17) is 19.6 Å². The van der Waals surface area contributed by atoms with Gasteiger partial charge in [-0.1, -0.05) is 25.7 Å². The smallest absolute Gasteiger partial charge is 0.341 e. The van der Waals surface area contributed by atoms with E-state index >= 15 is 0 Å². The number of nitrogens with one attached hydrogen (secondary N) is 1. The minimum atomic E-state index is -1.03. The van der Waals surface area contributed by atoms with Crippen molar-refractivity contribution < 1.29 is 19.4 Å². The van der Waals surface area contributed by atoms with Crippen molar-refractivity contribution in [1.82, 2.24) is 9.97 Å². The van der Waals surface area contributed by atoms with Gasteiger partial charge in [0.25, 0.3) is 0 Å². The summed E-state index contributed by atoms with van der Waals surface area (Å²) in [6.07, 6.45) is 6.23. The van der Waals surface area contributed by atoms with Crippen molar-refractivity contribution in [2.24, 2.45) is 5.92 Å². The molecule has 0 amide bonds. The minimum Gasteiger partial charge on any atom is -0.482 e. The molecule has 0 bridgehead atoms. The molecule has 2 N–H and O–H groups in total. The van der Waals surface area contributed by atoms with Crippen molar-refractivity contribution in [2.75, 3.05) is 6.61 Å². The second kappa shape index (κ2) is 8.75. The molecule has 1 aliphatic carbocycles. The van der Waals surface area contributed by atoms with E-state index in [0.29, 0.717) is 26.2 Å². The van der Waals surface area contributed by atoms with Crippen LogP contribution in [0.3, 0.4) is 0 Å². The van der Waals surface area contributed by atoms with Crippen LogP contribution in [0.15, 0.2) is 39.3 Å². The first-order valence-corrected chi connectivity index (χ1v) is 11.1. The Balaban J connectivity index is 1.51. The van der Waals surface area contributed by atoms with Gasteiger partial charge < -0.3 is 19.6 Å². The van der Waals surface area contributed by atoms with Crippen LogP contribution in [0.5, 0.6) is 17.2 Å². The maximum atomic E-state index is 10.7. The number of H-pyrrole nitrogens is 1. The Morgan fingerprint density at radius 3 is 2.55 bits per heavy atom. The number of hydrogen-bond acceptors (Lipinski definition) is 4. The van der Waals surface area contributed by atoms with Gasteiger partial charge in [-0.25, -0.2) is 9.78 Å². The van der Waals surface area contributed by atoms with Crippen LogP contribution in [0.25, 0.3) is 11.0 Å². The molecule has 152 valence electrons. The van der Waals surface area contributed by atoms with Crippen LogP contribution in [0.2, 0.25) is 0 Å². The van der Waals surface area contributed by atoms with Crippen molar-refractivity contribution in [1.29, 1.82) is 0 Å². The maximum absolute atomic E-state index is 10.7. The molecule has 1 heterocycles. The Morgan fingerprint density at radius 1 is 1.14 bits per heavy atom. The van der Waals surface area contributed by atoms with Crippen molar-refractivity contribution >= 4 is 48.9 Å². The topological polar surface area (TPSA) is 84.4 Å². The third kappa shape index (κ3) is 4.93. The van der Waals surface area contributed by atoms with Crippen LogP contribution >= 0.6 is 31.9 Å². The Kier molecular flexibility index (Phi) is 6.10. The third-order valence-corrected chi connectivity index (χ3v) is 6.19. The number of carboxylic acid groups (broad SMARTS) is 1. The zero-order chi connectivity index (χ0) is 20.4. The number of nitrogens with zero attached hydrogens (tertiary/aromatic N) is 1. The molecule has 8 heteroatoms. The van der Waals surface area contributed by atoms with Gasteiger partial charge in [-0.15, -0.1) is 0 Å². The molecular weight excluding hydrogens is 504 g/mol. The first-order chi connectivity index (χ1) is 14.0. The fourth-order valence-corrected chi connectivity index (χ4v) is 4.98. The number of aromatic nitrogens is 2. The van der Waals surface area contributed by atoms with Crippen molar-refractivity contribution in [3.63, 3.8) is 0 Å². The third-order valence-electron chi connectivity index (χ3n) is 5.01. The molecule has 29 heavy (non-hydrogen) atoms. The number of halogens is 2. The zero-order valence-corrected chi connectivity index (χ0v) is 18.8. The van der Waals surface area contributed by atoms with Crippen LogP contribution in [0, 0.1) is 5.92 Å². The first kappa shape index (κ1) is 20.2. The number of carboxylic acids is 1. The first-order valence-electron chi connectivity index (χ1n) is 9.48. The normalized spacial score (nSPS) is 14.4. The molecule has 1 fully saturated rings. The van der Waals surface area contributed by atoms with Crippen LogP contribution in [-0.4, -0.2) is 27.7 Å². The average Bonchev–Trinajstić information content (AvgIpc) is 3.32. The van der Waals surface area contributed by atoms with Crippen LogP contribution in [0.4, 0.5) is 0 Å². The molecule has 0 atom stereocenters. The Bertz CT molecular complexity index is 1020. The molecule has 1 saturated carbocycles. The van der Waals surface area contributed by atoms with E-state index in [0.717, 1.165) is 29.2 Å². The van der Waals surface area contributed by atoms with Gasteiger partial charge in [-0.05, 0) is 62.0 Å². The summed E-state index contributed by atoms with van der Waals surface area (Å²) < 4.78 is 12.6. The van der Waals surface area contributed by atoms with Crippen molar-refractivity contribution in [2.45, 2.75) is 32.1 Å². The highest BCUT2D eigenvalue weighted by atomic mass is 79.9. The molecule has 0 unspecified atom stereocenters. The van der Waals surface area contributed by atoms with Crippen LogP contribution < -0.4 is 9.47 Å². The van der Waals surface area contributed by atoms with Gasteiger partial charge in [0, 0.05) is 12.5 Å². The lowest BCUT2D eigenvalue weighted by Crippen LogP contribution is -2.09.